The quantitative estimate of drug-likeness (QED) is 0.165. The second kappa shape index (κ2) is 17.7. The molecule has 0 aliphatic carbocycles. The highest BCUT2D eigenvalue weighted by molar-refractivity contribution is 7.79. The molecular weight excluding hydrogens is 833 g/mol. The zero-order valence-electron chi connectivity index (χ0n) is 37.7. The number of hydrogen-bond donors (Lipinski definition) is 1. The first-order valence-electron chi connectivity index (χ1n) is 23.0. The van der Waals surface area contributed by atoms with Crippen LogP contribution in [0.15, 0.2) is 235 Å². The molecule has 0 unspecified atom stereocenters. The minimum absolute atomic E-state index is 0.865. The Labute approximate surface area is 396 Å². The van der Waals surface area contributed by atoms with E-state index in [1.165, 1.54) is 77.1 Å². The highest BCUT2D eigenvalue weighted by Gasteiger charge is 2.20. The monoisotopic (exact) mass is 880 g/mol. The van der Waals surface area contributed by atoms with E-state index in [-0.39, 0.29) is 0 Å². The van der Waals surface area contributed by atoms with Gasteiger partial charge in [-0.1, -0.05) is 172 Å². The van der Waals surface area contributed by atoms with Crippen molar-refractivity contribution in [3.05, 3.63) is 231 Å². The van der Waals surface area contributed by atoms with Crippen molar-refractivity contribution in [3.63, 3.8) is 0 Å². The van der Waals surface area contributed by atoms with Gasteiger partial charge in [0.25, 0.3) is 0 Å². The number of hydrogen-bond acceptors (Lipinski definition) is 2. The zero-order valence-corrected chi connectivity index (χ0v) is 38.6. The number of nitrogens with zero attached hydrogens (tertiary/aromatic N) is 2. The van der Waals surface area contributed by atoms with E-state index < -0.39 is 0 Å². The van der Waals surface area contributed by atoms with Crippen LogP contribution < -0.4 is 0 Å². The first-order valence-corrected chi connectivity index (χ1v) is 23.9. The largest absolute Gasteiger partial charge is 0.454 e. The van der Waals surface area contributed by atoms with Gasteiger partial charge in [-0.25, -0.2) is 0 Å². The van der Waals surface area contributed by atoms with Crippen LogP contribution in [0.3, 0.4) is 0 Å². The lowest BCUT2D eigenvalue weighted by Gasteiger charge is -2.10. The first kappa shape index (κ1) is 41.6. The molecule has 0 saturated carbocycles. The molecule has 4 heteroatoms. The number of aromatic nitrogens is 2. The van der Waals surface area contributed by atoms with Gasteiger partial charge < -0.3 is 13.6 Å². The number of rotatable bonds is 6. The molecule has 0 atom stereocenters. The van der Waals surface area contributed by atoms with Crippen molar-refractivity contribution in [1.29, 1.82) is 0 Å². The molecule has 0 amide bonds. The van der Waals surface area contributed by atoms with E-state index in [0.29, 0.717) is 0 Å². The third-order valence-electron chi connectivity index (χ3n) is 12.9. The number of fused-ring (bicyclic) bond motifs is 9. The summed E-state index contributed by atoms with van der Waals surface area (Å²) in [5, 5.41) is 7.05. The lowest BCUT2D eigenvalue weighted by atomic mass is 9.98. The average molecular weight is 881 g/mol. The van der Waals surface area contributed by atoms with Gasteiger partial charge >= 0.3 is 0 Å². The van der Waals surface area contributed by atoms with Crippen LogP contribution in [-0.2, 0) is 0 Å². The summed E-state index contributed by atoms with van der Waals surface area (Å²) in [5.41, 5.74) is 18.1. The van der Waals surface area contributed by atoms with Crippen molar-refractivity contribution in [2.24, 2.45) is 0 Å². The number of thiol groups is 1. The van der Waals surface area contributed by atoms with Gasteiger partial charge in [0.05, 0.1) is 27.8 Å². The second-order valence-electron chi connectivity index (χ2n) is 16.5. The second-order valence-corrected chi connectivity index (χ2v) is 16.5. The highest BCUT2D eigenvalue weighted by atomic mass is 32.1. The normalized spacial score (nSPS) is 11.3. The summed E-state index contributed by atoms with van der Waals surface area (Å²) >= 11 is 3.53. The van der Waals surface area contributed by atoms with Gasteiger partial charge in [-0.15, -0.1) is 0 Å². The maximum Gasteiger partial charge on any atom is 0.159 e. The predicted molar refractivity (Wildman–Crippen MR) is 290 cm³/mol. The SMILES string of the molecule is CC.CS.c1ccc(-c2cccc(-c3ccc4c(c3)c3ccccc3n4-c3ccc4oc5c(-n6c7ccccc7c7cc(-c8cccc(-c9ccccc9)c8)ccc76)cccc5c4c3)c2)cc1. The molecule has 322 valence electrons. The van der Waals surface area contributed by atoms with Gasteiger partial charge in [0.15, 0.2) is 5.58 Å². The predicted octanol–water partition coefficient (Wildman–Crippen LogP) is 18.0. The molecular formula is C63H48N2OS. The molecule has 0 N–H and O–H groups in total. The molecule has 13 rings (SSSR count). The van der Waals surface area contributed by atoms with Crippen LogP contribution >= 0.6 is 12.6 Å². The van der Waals surface area contributed by atoms with Crippen LogP contribution in [0, 0.1) is 0 Å². The summed E-state index contributed by atoms with van der Waals surface area (Å²) in [6.07, 6.45) is 1.69. The molecule has 0 bridgehead atoms. The Hall–Kier alpha value is -8.05. The van der Waals surface area contributed by atoms with Crippen molar-refractivity contribution in [3.8, 4) is 55.9 Å². The van der Waals surface area contributed by atoms with Crippen molar-refractivity contribution in [1.82, 2.24) is 9.13 Å². The van der Waals surface area contributed by atoms with Gasteiger partial charge in [-0.3, -0.25) is 0 Å². The summed E-state index contributed by atoms with van der Waals surface area (Å²) in [4.78, 5) is 0. The first-order chi connectivity index (χ1) is 33.2. The van der Waals surface area contributed by atoms with Gasteiger partial charge in [0.2, 0.25) is 0 Å². The fraction of sp³-hybridized carbons (Fsp3) is 0.0476. The van der Waals surface area contributed by atoms with Crippen molar-refractivity contribution < 1.29 is 4.42 Å². The van der Waals surface area contributed by atoms with Crippen molar-refractivity contribution in [2.45, 2.75) is 13.8 Å². The lowest BCUT2D eigenvalue weighted by Crippen LogP contribution is -1.94. The van der Waals surface area contributed by atoms with Crippen LogP contribution in [0.25, 0.3) is 121 Å². The van der Waals surface area contributed by atoms with Crippen molar-refractivity contribution in [2.75, 3.05) is 6.26 Å². The average Bonchev–Trinajstić information content (AvgIpc) is 4.07. The molecule has 10 aromatic carbocycles. The standard InChI is InChI=1S/C60H38N2O.C2H6.CH4S/c1-3-14-39(15-4-1)41-18-11-20-43(34-41)45-28-31-56-51(36-45)48-22-7-9-25-54(48)61(56)47-30-33-59-53(38-47)50-24-13-27-58(60(50)63-59)62-55-26-10-8-23-49(55)52-37-46(29-32-57(52)62)44-21-12-19-42(35-44)40-16-5-2-6-17-40;2*1-2/h1-38H;1-2H3;2H,1H3. The number of benzene rings is 10. The van der Waals surface area contributed by atoms with Crippen molar-refractivity contribution >= 4 is 78.2 Å². The summed E-state index contributed by atoms with van der Waals surface area (Å²) in [5.74, 6) is 0. The third kappa shape index (κ3) is 7.18. The topological polar surface area (TPSA) is 23.0 Å². The summed E-state index contributed by atoms with van der Waals surface area (Å²) in [6.45, 7) is 4.00. The number of furan rings is 1. The summed E-state index contributed by atoms with van der Waals surface area (Å²) in [6, 6.07) is 83.3. The van der Waals surface area contributed by atoms with E-state index in [2.05, 4.69) is 252 Å². The van der Waals surface area contributed by atoms with E-state index in [1.807, 2.05) is 13.8 Å². The van der Waals surface area contributed by atoms with Crippen LogP contribution in [0.5, 0.6) is 0 Å². The smallest absolute Gasteiger partial charge is 0.159 e. The fourth-order valence-electron chi connectivity index (χ4n) is 9.95. The zero-order chi connectivity index (χ0) is 45.4. The Morgan fingerprint density at radius 2 is 0.716 bits per heavy atom. The van der Waals surface area contributed by atoms with Crippen LogP contribution in [0.2, 0.25) is 0 Å². The van der Waals surface area contributed by atoms with E-state index in [4.69, 9.17) is 4.42 Å². The molecule has 0 fully saturated rings. The summed E-state index contributed by atoms with van der Waals surface area (Å²) < 4.78 is 11.7. The van der Waals surface area contributed by atoms with Crippen LogP contribution in [-0.4, -0.2) is 15.4 Å². The van der Waals surface area contributed by atoms with E-state index in [0.717, 1.165) is 44.3 Å². The summed E-state index contributed by atoms with van der Waals surface area (Å²) in [7, 11) is 0. The Balaban J connectivity index is 0.00000121. The molecule has 0 aliphatic rings. The Bertz CT molecular complexity index is 3910. The van der Waals surface area contributed by atoms with Gasteiger partial charge in [-0.05, 0) is 124 Å². The third-order valence-corrected chi connectivity index (χ3v) is 12.9. The molecule has 0 spiro atoms. The lowest BCUT2D eigenvalue weighted by molar-refractivity contribution is 0.666. The van der Waals surface area contributed by atoms with E-state index in [1.54, 1.807) is 6.26 Å². The molecule has 3 aromatic heterocycles. The molecule has 0 saturated heterocycles. The maximum atomic E-state index is 6.88. The van der Waals surface area contributed by atoms with Gasteiger partial charge in [-0.2, -0.15) is 12.6 Å². The highest BCUT2D eigenvalue weighted by Crippen LogP contribution is 2.42. The Kier molecular flexibility index (Phi) is 11.0. The molecule has 13 aromatic rings. The van der Waals surface area contributed by atoms with E-state index in [9.17, 15) is 0 Å². The molecule has 67 heavy (non-hydrogen) atoms. The Morgan fingerprint density at radius 1 is 0.299 bits per heavy atom. The van der Waals surface area contributed by atoms with Crippen LogP contribution in [0.4, 0.5) is 0 Å². The van der Waals surface area contributed by atoms with Gasteiger partial charge in [0, 0.05) is 38.0 Å². The molecule has 3 heterocycles. The van der Waals surface area contributed by atoms with Crippen LogP contribution in [0.1, 0.15) is 13.8 Å². The fourth-order valence-corrected chi connectivity index (χ4v) is 9.95. The Morgan fingerprint density at radius 3 is 1.28 bits per heavy atom. The minimum Gasteiger partial charge on any atom is -0.454 e. The molecule has 0 aliphatic heterocycles. The minimum atomic E-state index is 0.865. The molecule has 0 radical (unpaired) electrons. The van der Waals surface area contributed by atoms with Gasteiger partial charge in [0.1, 0.15) is 5.58 Å². The number of para-hydroxylation sites is 3. The molecule has 3 nitrogen and oxygen atoms in total. The maximum absolute atomic E-state index is 6.88. The van der Waals surface area contributed by atoms with E-state index >= 15 is 0 Å².